The fraction of sp³-hybridized carbons (Fsp3) is 0.500. The number of hydrogen-bond donors (Lipinski definition) is 2. The van der Waals surface area contributed by atoms with E-state index < -0.39 is 11.8 Å². The number of nitrogens with two attached hydrogens (primary N) is 1. The van der Waals surface area contributed by atoms with Crippen LogP contribution in [0.2, 0.25) is 0 Å². The predicted molar refractivity (Wildman–Crippen MR) is 76.3 cm³/mol. The SMILES string of the molecule is COC(=O)c1cc(NC2CCN(C)CC2)c(F)cc1N. The Morgan fingerprint density at radius 2 is 2.10 bits per heavy atom. The first kappa shape index (κ1) is 14.6. The lowest BCUT2D eigenvalue weighted by atomic mass is 10.0. The summed E-state index contributed by atoms with van der Waals surface area (Å²) >= 11 is 0. The van der Waals surface area contributed by atoms with Crippen molar-refractivity contribution in [1.29, 1.82) is 0 Å². The summed E-state index contributed by atoms with van der Waals surface area (Å²) in [6.07, 6.45) is 1.88. The Hall–Kier alpha value is -1.82. The quantitative estimate of drug-likeness (QED) is 0.652. The first-order valence-electron chi connectivity index (χ1n) is 6.63. The number of benzene rings is 1. The van der Waals surface area contributed by atoms with Crippen LogP contribution < -0.4 is 11.1 Å². The highest BCUT2D eigenvalue weighted by Gasteiger charge is 2.20. The average molecular weight is 281 g/mol. The van der Waals surface area contributed by atoms with Crippen molar-refractivity contribution in [3.63, 3.8) is 0 Å². The number of anilines is 2. The van der Waals surface area contributed by atoms with E-state index in [2.05, 4.69) is 22.0 Å². The van der Waals surface area contributed by atoms with Gasteiger partial charge in [-0.3, -0.25) is 0 Å². The van der Waals surface area contributed by atoms with Gasteiger partial charge < -0.3 is 20.7 Å². The van der Waals surface area contributed by atoms with Crippen LogP contribution in [0.3, 0.4) is 0 Å². The third-order valence-corrected chi connectivity index (χ3v) is 3.62. The van der Waals surface area contributed by atoms with Gasteiger partial charge in [-0.2, -0.15) is 0 Å². The molecule has 1 aromatic carbocycles. The first-order chi connectivity index (χ1) is 9.51. The molecule has 1 heterocycles. The highest BCUT2D eigenvalue weighted by Crippen LogP contribution is 2.25. The Balaban J connectivity index is 2.16. The van der Waals surface area contributed by atoms with Gasteiger partial charge in [-0.05, 0) is 45.1 Å². The molecule has 0 amide bonds. The van der Waals surface area contributed by atoms with Crippen molar-refractivity contribution in [3.05, 3.63) is 23.5 Å². The number of rotatable bonds is 3. The second-order valence-corrected chi connectivity index (χ2v) is 5.13. The number of piperidine rings is 1. The summed E-state index contributed by atoms with van der Waals surface area (Å²) < 4.78 is 18.6. The minimum Gasteiger partial charge on any atom is -0.465 e. The normalized spacial score (nSPS) is 16.9. The summed E-state index contributed by atoms with van der Waals surface area (Å²) in [6, 6.07) is 2.79. The van der Waals surface area contributed by atoms with Crippen molar-refractivity contribution in [2.75, 3.05) is 38.3 Å². The molecule has 0 aromatic heterocycles. The maximum absolute atomic E-state index is 13.9. The molecule has 1 saturated heterocycles. The molecule has 1 aliphatic heterocycles. The topological polar surface area (TPSA) is 67.6 Å². The van der Waals surface area contributed by atoms with Gasteiger partial charge in [0.15, 0.2) is 0 Å². The number of halogens is 1. The smallest absolute Gasteiger partial charge is 0.340 e. The molecule has 0 aliphatic carbocycles. The van der Waals surface area contributed by atoms with Gasteiger partial charge in [0, 0.05) is 11.7 Å². The second-order valence-electron chi connectivity index (χ2n) is 5.13. The van der Waals surface area contributed by atoms with Crippen molar-refractivity contribution in [3.8, 4) is 0 Å². The van der Waals surface area contributed by atoms with Crippen LogP contribution in [0.5, 0.6) is 0 Å². The number of carbonyl (C=O) groups is 1. The standard InChI is InChI=1S/C14H20FN3O2/c1-18-5-3-9(4-6-18)17-13-7-10(14(19)20-2)12(16)8-11(13)15/h7-9,17H,3-6,16H2,1-2H3. The molecule has 0 bridgehead atoms. The molecule has 0 saturated carbocycles. The van der Waals surface area contributed by atoms with Gasteiger partial charge in [0.05, 0.1) is 18.4 Å². The third-order valence-electron chi connectivity index (χ3n) is 3.62. The van der Waals surface area contributed by atoms with E-state index in [1.807, 2.05) is 0 Å². The number of esters is 1. The third kappa shape index (κ3) is 3.19. The van der Waals surface area contributed by atoms with Crippen LogP contribution in [-0.4, -0.2) is 44.2 Å². The fourth-order valence-electron chi connectivity index (χ4n) is 2.36. The summed E-state index contributed by atoms with van der Waals surface area (Å²) in [5, 5.41) is 3.15. The zero-order valence-corrected chi connectivity index (χ0v) is 11.8. The van der Waals surface area contributed by atoms with Crippen LogP contribution in [0, 0.1) is 5.82 Å². The maximum atomic E-state index is 13.9. The van der Waals surface area contributed by atoms with Crippen LogP contribution in [0.1, 0.15) is 23.2 Å². The van der Waals surface area contributed by atoms with Gasteiger partial charge in [0.1, 0.15) is 5.82 Å². The Kier molecular flexibility index (Phi) is 4.44. The molecule has 110 valence electrons. The molecule has 0 unspecified atom stereocenters. The molecule has 0 spiro atoms. The average Bonchev–Trinajstić information content (AvgIpc) is 2.43. The van der Waals surface area contributed by atoms with Gasteiger partial charge in [0.25, 0.3) is 0 Å². The zero-order chi connectivity index (χ0) is 14.7. The van der Waals surface area contributed by atoms with E-state index in [-0.39, 0.29) is 17.3 Å². The van der Waals surface area contributed by atoms with Crippen molar-refractivity contribution in [2.24, 2.45) is 0 Å². The number of nitrogen functional groups attached to an aromatic ring is 1. The highest BCUT2D eigenvalue weighted by molar-refractivity contribution is 5.96. The van der Waals surface area contributed by atoms with Crippen molar-refractivity contribution >= 4 is 17.3 Å². The predicted octanol–water partition coefficient (Wildman–Crippen LogP) is 1.70. The minimum atomic E-state index is -0.561. The van der Waals surface area contributed by atoms with Crippen molar-refractivity contribution in [1.82, 2.24) is 4.90 Å². The van der Waals surface area contributed by atoms with Crippen molar-refractivity contribution in [2.45, 2.75) is 18.9 Å². The number of methoxy groups -OCH3 is 1. The molecule has 2 rings (SSSR count). The van der Waals surface area contributed by atoms with Crippen LogP contribution in [-0.2, 0) is 4.74 Å². The minimum absolute atomic E-state index is 0.0864. The molecule has 0 radical (unpaired) electrons. The van der Waals surface area contributed by atoms with Gasteiger partial charge in [-0.15, -0.1) is 0 Å². The van der Waals surface area contributed by atoms with E-state index in [1.54, 1.807) is 0 Å². The molecule has 1 fully saturated rings. The Morgan fingerprint density at radius 1 is 1.45 bits per heavy atom. The summed E-state index contributed by atoms with van der Waals surface area (Å²) in [5.74, 6) is -1.01. The van der Waals surface area contributed by atoms with Gasteiger partial charge in [-0.25, -0.2) is 9.18 Å². The maximum Gasteiger partial charge on any atom is 0.340 e. The molecule has 0 atom stereocenters. The van der Waals surface area contributed by atoms with Gasteiger partial charge in [-0.1, -0.05) is 0 Å². The molecule has 20 heavy (non-hydrogen) atoms. The molecular weight excluding hydrogens is 261 g/mol. The monoisotopic (exact) mass is 281 g/mol. The van der Waals surface area contributed by atoms with E-state index in [0.717, 1.165) is 32.0 Å². The number of nitrogens with one attached hydrogen (secondary N) is 1. The number of carbonyl (C=O) groups excluding carboxylic acids is 1. The van der Waals surface area contributed by atoms with E-state index in [9.17, 15) is 9.18 Å². The number of likely N-dealkylation sites (tertiary alicyclic amines) is 1. The summed E-state index contributed by atoms with van der Waals surface area (Å²) in [5.41, 5.74) is 6.21. The van der Waals surface area contributed by atoms with Gasteiger partial charge in [0.2, 0.25) is 0 Å². The van der Waals surface area contributed by atoms with Crippen LogP contribution in [0.15, 0.2) is 12.1 Å². The number of hydrogen-bond acceptors (Lipinski definition) is 5. The summed E-state index contributed by atoms with van der Waals surface area (Å²) in [7, 11) is 3.34. The Bertz CT molecular complexity index is 499. The van der Waals surface area contributed by atoms with Crippen LogP contribution in [0.4, 0.5) is 15.8 Å². The molecule has 1 aromatic rings. The second kappa shape index (κ2) is 6.09. The zero-order valence-electron chi connectivity index (χ0n) is 11.8. The molecule has 1 aliphatic rings. The van der Waals surface area contributed by atoms with Crippen LogP contribution in [0.25, 0.3) is 0 Å². The fourth-order valence-corrected chi connectivity index (χ4v) is 2.36. The van der Waals surface area contributed by atoms with Gasteiger partial charge >= 0.3 is 5.97 Å². The molecule has 5 nitrogen and oxygen atoms in total. The number of ether oxygens (including phenoxy) is 1. The summed E-state index contributed by atoms with van der Waals surface area (Å²) in [6.45, 7) is 1.94. The van der Waals surface area contributed by atoms with Crippen LogP contribution >= 0.6 is 0 Å². The number of nitrogens with zero attached hydrogens (tertiary/aromatic N) is 1. The molecule has 6 heteroatoms. The lowest BCUT2D eigenvalue weighted by molar-refractivity contribution is 0.0602. The molecular formula is C14H20FN3O2. The van der Waals surface area contributed by atoms with Crippen molar-refractivity contribution < 1.29 is 13.9 Å². The lowest BCUT2D eigenvalue weighted by Crippen LogP contribution is -2.36. The van der Waals surface area contributed by atoms with E-state index in [1.165, 1.54) is 13.2 Å². The molecule has 3 N–H and O–H groups in total. The van der Waals surface area contributed by atoms with E-state index in [4.69, 9.17) is 5.73 Å². The largest absolute Gasteiger partial charge is 0.465 e. The first-order valence-corrected chi connectivity index (χ1v) is 6.63. The van der Waals surface area contributed by atoms with E-state index >= 15 is 0 Å². The Morgan fingerprint density at radius 3 is 2.70 bits per heavy atom. The van der Waals surface area contributed by atoms with E-state index in [0.29, 0.717) is 5.69 Å². The summed E-state index contributed by atoms with van der Waals surface area (Å²) in [4.78, 5) is 13.8. The highest BCUT2D eigenvalue weighted by atomic mass is 19.1. The Labute approximate surface area is 117 Å². The lowest BCUT2D eigenvalue weighted by Gasteiger charge is -2.30.